The maximum atomic E-state index is 6.16. The van der Waals surface area contributed by atoms with E-state index in [4.69, 9.17) is 10.8 Å². The lowest BCUT2D eigenvalue weighted by Gasteiger charge is -2.19. The zero-order valence-electron chi connectivity index (χ0n) is 12.5. The van der Waals surface area contributed by atoms with Gasteiger partial charge in [-0.05, 0) is 31.4 Å². The first-order valence-electron chi connectivity index (χ1n) is 6.79. The maximum Gasteiger partial charge on any atom is 0.127 e. The van der Waals surface area contributed by atoms with Crippen LogP contribution in [0.3, 0.4) is 0 Å². The normalized spacial score (nSPS) is 11.8. The molecule has 0 spiro atoms. The molecule has 3 heteroatoms. The van der Waals surface area contributed by atoms with Gasteiger partial charge in [0.2, 0.25) is 0 Å². The Hall–Kier alpha value is -1.77. The average molecular weight is 257 g/mol. The number of benzene rings is 1. The Labute approximate surface area is 115 Å². The SMILES string of the molecule is CCC(C)(C)c1cc(N)n(-c2c(C)cccc2C)n1. The van der Waals surface area contributed by atoms with Crippen molar-refractivity contribution < 1.29 is 0 Å². The van der Waals surface area contributed by atoms with Crippen LogP contribution in [0.4, 0.5) is 5.82 Å². The molecule has 0 amide bonds. The van der Waals surface area contributed by atoms with Gasteiger partial charge in [-0.3, -0.25) is 0 Å². The Morgan fingerprint density at radius 1 is 1.21 bits per heavy atom. The third-order valence-electron chi connectivity index (χ3n) is 3.97. The summed E-state index contributed by atoms with van der Waals surface area (Å²) in [5.41, 5.74) is 10.7. The van der Waals surface area contributed by atoms with Crippen molar-refractivity contribution in [2.75, 3.05) is 5.73 Å². The third kappa shape index (κ3) is 2.37. The van der Waals surface area contributed by atoms with Gasteiger partial charge in [0.1, 0.15) is 5.82 Å². The highest BCUT2D eigenvalue weighted by molar-refractivity contribution is 5.52. The molecule has 2 N–H and O–H groups in total. The number of hydrogen-bond acceptors (Lipinski definition) is 2. The summed E-state index contributed by atoms with van der Waals surface area (Å²) in [7, 11) is 0. The summed E-state index contributed by atoms with van der Waals surface area (Å²) < 4.78 is 1.87. The molecule has 1 aromatic heterocycles. The van der Waals surface area contributed by atoms with Gasteiger partial charge in [0.05, 0.1) is 11.4 Å². The monoisotopic (exact) mass is 257 g/mol. The first-order valence-corrected chi connectivity index (χ1v) is 6.79. The van der Waals surface area contributed by atoms with E-state index in [9.17, 15) is 0 Å². The molecule has 0 atom stereocenters. The van der Waals surface area contributed by atoms with Crippen molar-refractivity contribution in [3.05, 3.63) is 41.1 Å². The molecule has 2 aromatic rings. The Morgan fingerprint density at radius 3 is 2.32 bits per heavy atom. The van der Waals surface area contributed by atoms with Crippen molar-refractivity contribution in [2.45, 2.75) is 46.5 Å². The van der Waals surface area contributed by atoms with E-state index in [1.165, 1.54) is 11.1 Å². The number of nitrogens with two attached hydrogens (primary N) is 1. The smallest absolute Gasteiger partial charge is 0.127 e. The Morgan fingerprint density at radius 2 is 1.79 bits per heavy atom. The molecule has 0 saturated carbocycles. The van der Waals surface area contributed by atoms with Crippen LogP contribution in [0.15, 0.2) is 24.3 Å². The highest BCUT2D eigenvalue weighted by atomic mass is 15.3. The van der Waals surface area contributed by atoms with E-state index in [-0.39, 0.29) is 5.41 Å². The second kappa shape index (κ2) is 4.72. The van der Waals surface area contributed by atoms with Crippen LogP contribution in [0.1, 0.15) is 44.0 Å². The number of nitrogens with zero attached hydrogens (tertiary/aromatic N) is 2. The molecule has 0 radical (unpaired) electrons. The van der Waals surface area contributed by atoms with Crippen LogP contribution in [-0.4, -0.2) is 9.78 Å². The third-order valence-corrected chi connectivity index (χ3v) is 3.97. The zero-order valence-corrected chi connectivity index (χ0v) is 12.5. The van der Waals surface area contributed by atoms with E-state index in [1.807, 2.05) is 10.7 Å². The summed E-state index contributed by atoms with van der Waals surface area (Å²) in [6, 6.07) is 8.24. The van der Waals surface area contributed by atoms with E-state index in [1.54, 1.807) is 0 Å². The molecule has 19 heavy (non-hydrogen) atoms. The van der Waals surface area contributed by atoms with Crippen molar-refractivity contribution in [3.8, 4) is 5.69 Å². The lowest BCUT2D eigenvalue weighted by molar-refractivity contribution is 0.485. The Kier molecular flexibility index (Phi) is 3.40. The minimum Gasteiger partial charge on any atom is -0.384 e. The van der Waals surface area contributed by atoms with Crippen LogP contribution in [0.2, 0.25) is 0 Å². The van der Waals surface area contributed by atoms with Crippen LogP contribution in [-0.2, 0) is 5.41 Å². The lowest BCUT2D eigenvalue weighted by Crippen LogP contribution is -2.17. The molecule has 102 valence electrons. The summed E-state index contributed by atoms with van der Waals surface area (Å²) in [5, 5.41) is 4.74. The minimum absolute atomic E-state index is 0.0515. The fourth-order valence-corrected chi connectivity index (χ4v) is 2.23. The second-order valence-corrected chi connectivity index (χ2v) is 5.84. The van der Waals surface area contributed by atoms with Crippen LogP contribution in [0.25, 0.3) is 5.69 Å². The van der Waals surface area contributed by atoms with Gasteiger partial charge in [-0.2, -0.15) is 5.10 Å². The van der Waals surface area contributed by atoms with Crippen LogP contribution < -0.4 is 5.73 Å². The van der Waals surface area contributed by atoms with Crippen LogP contribution in [0, 0.1) is 13.8 Å². The molecule has 1 heterocycles. The summed E-state index contributed by atoms with van der Waals surface area (Å²) in [5.74, 6) is 0.703. The molecule has 0 aliphatic carbocycles. The lowest BCUT2D eigenvalue weighted by atomic mass is 9.87. The van der Waals surface area contributed by atoms with E-state index < -0.39 is 0 Å². The topological polar surface area (TPSA) is 43.8 Å². The van der Waals surface area contributed by atoms with Gasteiger partial charge in [0.25, 0.3) is 0 Å². The van der Waals surface area contributed by atoms with Gasteiger partial charge < -0.3 is 5.73 Å². The fraction of sp³-hybridized carbons (Fsp3) is 0.438. The summed E-state index contributed by atoms with van der Waals surface area (Å²) in [6.07, 6.45) is 1.04. The molecular weight excluding hydrogens is 234 g/mol. The van der Waals surface area contributed by atoms with E-state index in [0.29, 0.717) is 5.82 Å². The second-order valence-electron chi connectivity index (χ2n) is 5.84. The highest BCUT2D eigenvalue weighted by Crippen LogP contribution is 2.29. The van der Waals surface area contributed by atoms with Gasteiger partial charge >= 0.3 is 0 Å². The predicted octanol–water partition coefficient (Wildman–Crippen LogP) is 3.76. The zero-order chi connectivity index (χ0) is 14.2. The molecule has 0 bridgehead atoms. The largest absolute Gasteiger partial charge is 0.384 e. The molecule has 0 fully saturated rings. The summed E-state index contributed by atoms with van der Waals surface area (Å²) in [6.45, 7) is 10.8. The number of rotatable bonds is 3. The molecule has 0 aliphatic heterocycles. The van der Waals surface area contributed by atoms with Crippen molar-refractivity contribution >= 4 is 5.82 Å². The van der Waals surface area contributed by atoms with Crippen LogP contribution >= 0.6 is 0 Å². The molecule has 0 saturated heterocycles. The quantitative estimate of drug-likeness (QED) is 0.909. The number of anilines is 1. The van der Waals surface area contributed by atoms with Crippen molar-refractivity contribution in [3.63, 3.8) is 0 Å². The highest BCUT2D eigenvalue weighted by Gasteiger charge is 2.23. The van der Waals surface area contributed by atoms with Gasteiger partial charge in [0.15, 0.2) is 0 Å². The van der Waals surface area contributed by atoms with Gasteiger partial charge in [0, 0.05) is 11.5 Å². The maximum absolute atomic E-state index is 6.16. The van der Waals surface area contributed by atoms with Crippen LogP contribution in [0.5, 0.6) is 0 Å². The van der Waals surface area contributed by atoms with Crippen molar-refractivity contribution in [1.82, 2.24) is 9.78 Å². The molecule has 2 rings (SSSR count). The van der Waals surface area contributed by atoms with Gasteiger partial charge in [-0.1, -0.05) is 39.0 Å². The average Bonchev–Trinajstić information content (AvgIpc) is 2.72. The molecule has 0 aliphatic rings. The first kappa shape index (κ1) is 13.7. The molecule has 3 nitrogen and oxygen atoms in total. The molecule has 0 unspecified atom stereocenters. The van der Waals surface area contributed by atoms with E-state index in [0.717, 1.165) is 17.8 Å². The summed E-state index contributed by atoms with van der Waals surface area (Å²) >= 11 is 0. The number of aryl methyl sites for hydroxylation is 2. The summed E-state index contributed by atoms with van der Waals surface area (Å²) in [4.78, 5) is 0. The van der Waals surface area contributed by atoms with E-state index >= 15 is 0 Å². The standard InChI is InChI=1S/C16H23N3/c1-6-16(4,5)13-10-14(17)19(18-13)15-11(2)8-7-9-12(15)3/h7-10H,6,17H2,1-5H3. The van der Waals surface area contributed by atoms with Gasteiger partial charge in [-0.15, -0.1) is 0 Å². The first-order chi connectivity index (χ1) is 8.86. The molecular formula is C16H23N3. The molecule has 1 aromatic carbocycles. The number of nitrogen functional groups attached to an aromatic ring is 1. The van der Waals surface area contributed by atoms with Crippen molar-refractivity contribution in [1.29, 1.82) is 0 Å². The van der Waals surface area contributed by atoms with Crippen molar-refractivity contribution in [2.24, 2.45) is 0 Å². The fourth-order valence-electron chi connectivity index (χ4n) is 2.23. The Balaban J connectivity index is 2.59. The number of para-hydroxylation sites is 1. The number of aromatic nitrogens is 2. The predicted molar refractivity (Wildman–Crippen MR) is 80.8 cm³/mol. The van der Waals surface area contributed by atoms with Gasteiger partial charge in [-0.25, -0.2) is 4.68 Å². The number of hydrogen-bond donors (Lipinski definition) is 1. The Bertz CT molecular complexity index is 574. The minimum atomic E-state index is 0.0515. The van der Waals surface area contributed by atoms with E-state index in [2.05, 4.69) is 52.8 Å².